The number of anilines is 1. The van der Waals surface area contributed by atoms with Crippen LogP contribution in [0, 0.1) is 11.3 Å². The van der Waals surface area contributed by atoms with E-state index < -0.39 is 28.1 Å². The number of pyridine rings is 1. The minimum Gasteiger partial charge on any atom is -0.493 e. The summed E-state index contributed by atoms with van der Waals surface area (Å²) in [7, 11) is 1.40. The van der Waals surface area contributed by atoms with Gasteiger partial charge >= 0.3 is 5.38 Å². The Morgan fingerprint density at radius 3 is 2.50 bits per heavy atom. The number of ether oxygens (including phenoxy) is 1. The third kappa shape index (κ3) is 5.56. The van der Waals surface area contributed by atoms with Crippen LogP contribution in [0.5, 0.6) is 5.75 Å². The Hall–Kier alpha value is -3.30. The van der Waals surface area contributed by atoms with E-state index in [4.69, 9.17) is 39.5 Å². The fraction of sp³-hybridized carbons (Fsp3) is 0.286. The van der Waals surface area contributed by atoms with Crippen molar-refractivity contribution in [1.29, 1.82) is 5.26 Å². The van der Waals surface area contributed by atoms with Crippen molar-refractivity contribution in [3.05, 3.63) is 78.7 Å². The van der Waals surface area contributed by atoms with E-state index >= 15 is 0 Å². The molecule has 0 bridgehead atoms. The molecule has 218 valence electrons. The quantitative estimate of drug-likeness (QED) is 0.298. The molecule has 2 aliphatic rings. The number of aromatic nitrogens is 1. The average Bonchev–Trinajstić information content (AvgIpc) is 3.37. The summed E-state index contributed by atoms with van der Waals surface area (Å²) in [5.74, 6) is -0.657. The van der Waals surface area contributed by atoms with Crippen LogP contribution in [0.15, 0.2) is 44.9 Å². The number of H-pyrrole nitrogens is 1. The predicted octanol–water partition coefficient (Wildman–Crippen LogP) is 6.67. The first-order valence-electron chi connectivity index (χ1n) is 12.6. The Morgan fingerprint density at radius 2 is 1.88 bits per heavy atom. The molecule has 0 radical (unpaired) electrons. The molecule has 14 heteroatoms. The lowest BCUT2D eigenvalue weighted by atomic mass is 9.99. The molecule has 0 saturated carbocycles. The van der Waals surface area contributed by atoms with Crippen LogP contribution in [0.3, 0.4) is 0 Å². The van der Waals surface area contributed by atoms with Crippen molar-refractivity contribution in [3.63, 3.8) is 0 Å². The Labute approximate surface area is 258 Å². The molecule has 1 N–H and O–H groups in total. The van der Waals surface area contributed by atoms with Crippen molar-refractivity contribution in [2.45, 2.75) is 47.5 Å². The van der Waals surface area contributed by atoms with Gasteiger partial charge < -0.3 is 19.5 Å². The van der Waals surface area contributed by atoms with Gasteiger partial charge in [0.1, 0.15) is 22.9 Å². The summed E-state index contributed by atoms with van der Waals surface area (Å²) in [6.45, 7) is 0.386. The molecule has 0 aliphatic carbocycles. The van der Waals surface area contributed by atoms with Crippen molar-refractivity contribution in [1.82, 2.24) is 9.88 Å². The number of aromatic amines is 1. The van der Waals surface area contributed by atoms with Gasteiger partial charge in [0.25, 0.3) is 11.5 Å². The van der Waals surface area contributed by atoms with Crippen LogP contribution in [0.1, 0.15) is 52.0 Å². The largest absolute Gasteiger partial charge is 0.493 e. The van der Waals surface area contributed by atoms with Crippen LogP contribution in [0.4, 0.5) is 14.5 Å². The Kier molecular flexibility index (Phi) is 8.45. The van der Waals surface area contributed by atoms with Gasteiger partial charge in [0, 0.05) is 35.8 Å². The summed E-state index contributed by atoms with van der Waals surface area (Å²) in [6, 6.07) is 9.41. The van der Waals surface area contributed by atoms with Crippen molar-refractivity contribution in [2.24, 2.45) is 0 Å². The first kappa shape index (κ1) is 30.2. The maximum absolute atomic E-state index is 14.1. The highest BCUT2D eigenvalue weighted by molar-refractivity contribution is 7.99. The minimum atomic E-state index is -3.93. The highest BCUT2D eigenvalue weighted by atomic mass is 35.5. The second kappa shape index (κ2) is 11.8. The molecular formula is C28H21Cl3F2N4O4S. The number of hydrogen-bond donors (Lipinski definition) is 1. The molecule has 0 unspecified atom stereocenters. The smallest absolute Gasteiger partial charge is 0.362 e. The van der Waals surface area contributed by atoms with Crippen LogP contribution >= 0.6 is 46.6 Å². The number of carbonyl (C=O) groups excluding carboxylic acids is 2. The van der Waals surface area contributed by atoms with Crippen molar-refractivity contribution in [2.75, 3.05) is 18.6 Å². The number of methoxy groups -OCH3 is 1. The van der Waals surface area contributed by atoms with E-state index in [1.807, 2.05) is 4.98 Å². The van der Waals surface area contributed by atoms with Crippen LogP contribution in [-0.4, -0.2) is 35.4 Å². The summed E-state index contributed by atoms with van der Waals surface area (Å²) >= 11 is 18.6. The van der Waals surface area contributed by atoms with E-state index in [-0.39, 0.29) is 50.1 Å². The van der Waals surface area contributed by atoms with Gasteiger partial charge in [-0.25, -0.2) is 0 Å². The first-order chi connectivity index (χ1) is 19.9. The third-order valence-corrected chi connectivity index (χ3v) is 9.28. The van der Waals surface area contributed by atoms with Gasteiger partial charge in [-0.1, -0.05) is 41.0 Å². The molecule has 1 fully saturated rings. The second-order valence-electron chi connectivity index (χ2n) is 9.62. The highest BCUT2D eigenvalue weighted by Gasteiger charge is 2.36. The zero-order valence-electron chi connectivity index (χ0n) is 21.9. The van der Waals surface area contributed by atoms with E-state index in [1.165, 1.54) is 24.1 Å². The standard InChI is InChI=1S/C28H21Cl3F2N4O4S/c1-41-24-15(11-34)16-13-36(12-14(16)9-19(24)37-8-3-2-7-22(37)38)27(40)23-20(10-21(28(31,32)33)35-26(23)39)42-25-17(29)5-4-6-18(25)30/h4-6,9-10H,2-3,7-8,12-13H2,1H3,(H,35,39). The molecular weight excluding hydrogens is 633 g/mol. The fourth-order valence-electron chi connectivity index (χ4n) is 5.07. The molecule has 2 aliphatic heterocycles. The van der Waals surface area contributed by atoms with Crippen LogP contribution in [0.2, 0.25) is 10.0 Å². The van der Waals surface area contributed by atoms with Crippen LogP contribution in [-0.2, 0) is 23.3 Å². The number of halogens is 5. The molecule has 5 rings (SSSR count). The average molecular weight is 654 g/mol. The first-order valence-corrected chi connectivity index (χ1v) is 14.6. The van der Waals surface area contributed by atoms with E-state index in [1.54, 1.807) is 17.0 Å². The number of nitrogens with one attached hydrogen (secondary N) is 1. The number of benzene rings is 2. The lowest BCUT2D eigenvalue weighted by Gasteiger charge is -2.29. The maximum atomic E-state index is 14.1. The number of nitriles is 1. The maximum Gasteiger partial charge on any atom is 0.362 e. The molecule has 0 atom stereocenters. The van der Waals surface area contributed by atoms with Gasteiger partial charge in [-0.15, -0.1) is 0 Å². The summed E-state index contributed by atoms with van der Waals surface area (Å²) in [6.07, 6.45) is 1.91. The van der Waals surface area contributed by atoms with Crippen molar-refractivity contribution < 1.29 is 23.1 Å². The van der Waals surface area contributed by atoms with Crippen molar-refractivity contribution in [3.8, 4) is 11.8 Å². The number of carbonyl (C=O) groups is 2. The van der Waals surface area contributed by atoms with E-state index in [0.29, 0.717) is 29.8 Å². The third-order valence-electron chi connectivity index (χ3n) is 7.03. The Balaban J connectivity index is 1.58. The Morgan fingerprint density at radius 1 is 1.17 bits per heavy atom. The number of fused-ring (bicyclic) bond motifs is 1. The number of hydrogen-bond acceptors (Lipinski definition) is 6. The molecule has 2 aromatic carbocycles. The number of rotatable bonds is 6. The number of amides is 2. The van der Waals surface area contributed by atoms with Gasteiger partial charge in [-0.3, -0.25) is 14.4 Å². The van der Waals surface area contributed by atoms with Gasteiger partial charge in [0.15, 0.2) is 5.75 Å². The molecule has 42 heavy (non-hydrogen) atoms. The van der Waals surface area contributed by atoms with Gasteiger partial charge in [-0.2, -0.15) is 14.0 Å². The molecule has 0 spiro atoms. The van der Waals surface area contributed by atoms with E-state index in [2.05, 4.69) is 6.07 Å². The van der Waals surface area contributed by atoms with Crippen molar-refractivity contribution >= 4 is 64.1 Å². The van der Waals surface area contributed by atoms with Gasteiger partial charge in [0.05, 0.1) is 22.8 Å². The number of piperidine rings is 1. The molecule has 8 nitrogen and oxygen atoms in total. The van der Waals surface area contributed by atoms with Crippen LogP contribution < -0.4 is 15.2 Å². The lowest BCUT2D eigenvalue weighted by molar-refractivity contribution is -0.119. The summed E-state index contributed by atoms with van der Waals surface area (Å²) in [5, 5.41) is 6.50. The zero-order chi connectivity index (χ0) is 30.3. The minimum absolute atomic E-state index is 0.00825. The Bertz CT molecular complexity index is 1700. The molecule has 2 amide bonds. The normalized spacial score (nSPS) is 15.0. The van der Waals surface area contributed by atoms with Crippen LogP contribution in [0.25, 0.3) is 0 Å². The fourth-order valence-corrected chi connectivity index (χ4v) is 6.81. The lowest BCUT2D eigenvalue weighted by Crippen LogP contribution is -2.35. The van der Waals surface area contributed by atoms with E-state index in [9.17, 15) is 28.4 Å². The predicted molar refractivity (Wildman–Crippen MR) is 155 cm³/mol. The molecule has 1 aromatic heterocycles. The molecule has 1 saturated heterocycles. The highest BCUT2D eigenvalue weighted by Crippen LogP contribution is 2.44. The number of nitrogens with zero attached hydrogens (tertiary/aromatic N) is 3. The van der Waals surface area contributed by atoms with E-state index in [0.717, 1.165) is 30.7 Å². The van der Waals surface area contributed by atoms with Gasteiger partial charge in [-0.05, 0) is 59.8 Å². The zero-order valence-corrected chi connectivity index (χ0v) is 25.0. The molecule has 3 aromatic rings. The monoisotopic (exact) mass is 652 g/mol. The summed E-state index contributed by atoms with van der Waals surface area (Å²) in [5.41, 5.74) is -0.724. The SMILES string of the molecule is COc1c(N2CCCCC2=O)cc2c(c1C#N)CN(C(=O)c1c(Sc3c(Cl)cccc3Cl)cc(C(F)(F)Cl)[nH]c1=O)C2. The molecule has 3 heterocycles. The number of alkyl halides is 3. The summed E-state index contributed by atoms with van der Waals surface area (Å²) < 4.78 is 33.7. The second-order valence-corrected chi connectivity index (χ2v) is 12.0. The summed E-state index contributed by atoms with van der Waals surface area (Å²) in [4.78, 5) is 44.8. The topological polar surface area (TPSA) is 106 Å². The van der Waals surface area contributed by atoms with Gasteiger partial charge in [0.2, 0.25) is 5.91 Å².